The summed E-state index contributed by atoms with van der Waals surface area (Å²) >= 11 is 0. The molecule has 0 aliphatic carbocycles. The number of aldehydes is 1. The van der Waals surface area contributed by atoms with Gasteiger partial charge in [-0.25, -0.2) is 4.79 Å². The van der Waals surface area contributed by atoms with E-state index in [1.807, 2.05) is 50.4 Å². The first-order chi connectivity index (χ1) is 18.0. The van der Waals surface area contributed by atoms with Crippen molar-refractivity contribution in [1.29, 1.82) is 0 Å². The Labute approximate surface area is 221 Å². The van der Waals surface area contributed by atoms with Crippen LogP contribution in [0.2, 0.25) is 0 Å². The van der Waals surface area contributed by atoms with E-state index in [0.29, 0.717) is 11.3 Å². The predicted molar refractivity (Wildman–Crippen MR) is 148 cm³/mol. The van der Waals surface area contributed by atoms with Crippen LogP contribution in [0.3, 0.4) is 0 Å². The van der Waals surface area contributed by atoms with Gasteiger partial charge >= 0.3 is 5.97 Å². The maximum absolute atomic E-state index is 11.9. The molecule has 0 saturated carbocycles. The van der Waals surface area contributed by atoms with E-state index in [2.05, 4.69) is 5.32 Å². The van der Waals surface area contributed by atoms with Crippen molar-refractivity contribution >= 4 is 17.9 Å². The molecule has 0 radical (unpaired) electrons. The van der Waals surface area contributed by atoms with Gasteiger partial charge in [0.2, 0.25) is 6.79 Å². The monoisotopic (exact) mass is 507 g/mol. The third kappa shape index (κ3) is 9.27. The third-order valence-corrected chi connectivity index (χ3v) is 6.85. The Morgan fingerprint density at radius 2 is 1.70 bits per heavy atom. The van der Waals surface area contributed by atoms with Crippen LogP contribution >= 0.6 is 0 Å². The Morgan fingerprint density at radius 3 is 2.43 bits per heavy atom. The van der Waals surface area contributed by atoms with Gasteiger partial charge in [0.15, 0.2) is 11.5 Å². The number of carbonyl (C=O) groups excluding carboxylic acids is 1. The Kier molecular flexibility index (Phi) is 11.5. The average molecular weight is 508 g/mol. The largest absolute Gasteiger partial charge is 0.478 e. The van der Waals surface area contributed by atoms with E-state index in [1.165, 1.54) is 32.1 Å². The number of ether oxygens (including phenoxy) is 2. The number of hydrogen-bond donors (Lipinski definition) is 2. The Balaban J connectivity index is 1.47. The Hall–Kier alpha value is -3.28. The molecule has 2 aromatic rings. The standard InChI is InChI=1S/C31H41NO5/c1-23(21-33)12-9-7-5-3-4-6-8-10-13-26-14-11-15-27(31(34)35)30(26)32-20-24(2)18-25-16-17-28-29(19-25)37-22-36-28/h11,14-17,19-21,23,32H,3-10,12-13,18,22H2,1-2H3,(H,34,35)/b24-20+. The number of allylic oxidation sites excluding steroid dienone is 1. The first-order valence-corrected chi connectivity index (χ1v) is 13.6. The molecule has 1 aliphatic heterocycles. The topological polar surface area (TPSA) is 84.9 Å². The summed E-state index contributed by atoms with van der Waals surface area (Å²) in [7, 11) is 0. The lowest BCUT2D eigenvalue weighted by Gasteiger charge is -2.14. The molecular formula is C31H41NO5. The van der Waals surface area contributed by atoms with Gasteiger partial charge in [-0.3, -0.25) is 0 Å². The fourth-order valence-electron chi connectivity index (χ4n) is 4.69. The number of fused-ring (bicyclic) bond motifs is 1. The summed E-state index contributed by atoms with van der Waals surface area (Å²) in [5.74, 6) is 0.799. The highest BCUT2D eigenvalue weighted by molar-refractivity contribution is 5.95. The minimum Gasteiger partial charge on any atom is -0.478 e. The van der Waals surface area contributed by atoms with Gasteiger partial charge in [0.05, 0.1) is 11.3 Å². The summed E-state index contributed by atoms with van der Waals surface area (Å²) < 4.78 is 10.9. The average Bonchev–Trinajstić information content (AvgIpc) is 3.36. The van der Waals surface area contributed by atoms with Gasteiger partial charge in [0.25, 0.3) is 0 Å². The van der Waals surface area contributed by atoms with Crippen LogP contribution in [-0.2, 0) is 17.6 Å². The van der Waals surface area contributed by atoms with Crippen molar-refractivity contribution in [1.82, 2.24) is 0 Å². The van der Waals surface area contributed by atoms with E-state index < -0.39 is 5.97 Å². The van der Waals surface area contributed by atoms with Crippen molar-refractivity contribution in [3.05, 3.63) is 64.9 Å². The van der Waals surface area contributed by atoms with Crippen LogP contribution in [0.5, 0.6) is 11.5 Å². The quantitative estimate of drug-likeness (QED) is 0.170. The molecule has 0 bridgehead atoms. The molecular weight excluding hydrogens is 466 g/mol. The van der Waals surface area contributed by atoms with Crippen LogP contribution in [0.4, 0.5) is 5.69 Å². The van der Waals surface area contributed by atoms with Gasteiger partial charge in [-0.15, -0.1) is 0 Å². The minimum atomic E-state index is -0.922. The lowest BCUT2D eigenvalue weighted by Crippen LogP contribution is -2.06. The fourth-order valence-corrected chi connectivity index (χ4v) is 4.69. The molecule has 0 amide bonds. The second-order valence-electron chi connectivity index (χ2n) is 10.1. The molecule has 1 aliphatic rings. The van der Waals surface area contributed by atoms with E-state index in [9.17, 15) is 14.7 Å². The highest BCUT2D eigenvalue weighted by Gasteiger charge is 2.15. The molecule has 1 heterocycles. The van der Waals surface area contributed by atoms with Crippen LogP contribution in [0, 0.1) is 5.92 Å². The number of para-hydroxylation sites is 1. The van der Waals surface area contributed by atoms with Gasteiger partial charge < -0.3 is 24.7 Å². The molecule has 0 spiro atoms. The molecule has 6 heteroatoms. The van der Waals surface area contributed by atoms with Crippen molar-refractivity contribution in [2.45, 2.75) is 84.5 Å². The zero-order valence-electron chi connectivity index (χ0n) is 22.3. The second-order valence-corrected chi connectivity index (χ2v) is 10.1. The zero-order chi connectivity index (χ0) is 26.5. The summed E-state index contributed by atoms with van der Waals surface area (Å²) in [5, 5.41) is 13.1. The molecule has 0 saturated heterocycles. The second kappa shape index (κ2) is 15.1. The van der Waals surface area contributed by atoms with Crippen LogP contribution in [0.25, 0.3) is 0 Å². The number of aryl methyl sites for hydroxylation is 1. The maximum atomic E-state index is 11.9. The number of hydrogen-bond acceptors (Lipinski definition) is 5. The minimum absolute atomic E-state index is 0.188. The molecule has 1 unspecified atom stereocenters. The van der Waals surface area contributed by atoms with Crippen LogP contribution in [0.1, 0.15) is 93.1 Å². The lowest BCUT2D eigenvalue weighted by atomic mass is 9.99. The number of nitrogens with one attached hydrogen (secondary N) is 1. The number of unbranched alkanes of at least 4 members (excludes halogenated alkanes) is 7. The van der Waals surface area contributed by atoms with Crippen LogP contribution < -0.4 is 14.8 Å². The molecule has 2 aromatic carbocycles. The molecule has 2 N–H and O–H groups in total. The molecule has 200 valence electrons. The number of aromatic carboxylic acids is 1. The Morgan fingerprint density at radius 1 is 1.00 bits per heavy atom. The number of carboxylic acid groups (broad SMARTS) is 1. The fraction of sp³-hybridized carbons (Fsp3) is 0.484. The number of anilines is 1. The van der Waals surface area contributed by atoms with Crippen LogP contribution in [-0.4, -0.2) is 24.2 Å². The van der Waals surface area contributed by atoms with Gasteiger partial charge in [-0.1, -0.05) is 75.6 Å². The van der Waals surface area contributed by atoms with E-state index in [-0.39, 0.29) is 12.7 Å². The summed E-state index contributed by atoms with van der Waals surface area (Å²) in [6.45, 7) is 4.27. The predicted octanol–water partition coefficient (Wildman–Crippen LogP) is 7.56. The van der Waals surface area contributed by atoms with E-state index in [0.717, 1.165) is 73.0 Å². The molecule has 3 rings (SSSR count). The Bertz CT molecular complexity index is 1060. The molecule has 1 atom stereocenters. The highest BCUT2D eigenvalue weighted by Crippen LogP contribution is 2.33. The van der Waals surface area contributed by atoms with E-state index in [1.54, 1.807) is 6.07 Å². The smallest absolute Gasteiger partial charge is 0.337 e. The maximum Gasteiger partial charge on any atom is 0.337 e. The van der Waals surface area contributed by atoms with Crippen LogP contribution in [0.15, 0.2) is 48.2 Å². The van der Waals surface area contributed by atoms with E-state index in [4.69, 9.17) is 9.47 Å². The lowest BCUT2D eigenvalue weighted by molar-refractivity contribution is -0.110. The third-order valence-electron chi connectivity index (χ3n) is 6.85. The first-order valence-electron chi connectivity index (χ1n) is 13.6. The normalized spacial score (nSPS) is 13.4. The van der Waals surface area contributed by atoms with Crippen molar-refractivity contribution < 1.29 is 24.2 Å². The number of carboxylic acids is 1. The molecule has 0 fully saturated rings. The van der Waals surface area contributed by atoms with Gasteiger partial charge in [0.1, 0.15) is 6.29 Å². The summed E-state index contributed by atoms with van der Waals surface area (Å²) in [6, 6.07) is 11.5. The number of carbonyl (C=O) groups is 2. The summed E-state index contributed by atoms with van der Waals surface area (Å²) in [5.41, 5.74) is 4.22. The summed E-state index contributed by atoms with van der Waals surface area (Å²) in [6.07, 6.45) is 14.9. The highest BCUT2D eigenvalue weighted by atomic mass is 16.7. The van der Waals surface area contributed by atoms with Gasteiger partial charge in [-0.05, 0) is 61.9 Å². The van der Waals surface area contributed by atoms with Gasteiger partial charge in [-0.2, -0.15) is 0 Å². The van der Waals surface area contributed by atoms with Crippen molar-refractivity contribution in [3.63, 3.8) is 0 Å². The molecule has 6 nitrogen and oxygen atoms in total. The van der Waals surface area contributed by atoms with Crippen molar-refractivity contribution in [2.75, 3.05) is 12.1 Å². The van der Waals surface area contributed by atoms with Gasteiger partial charge in [0, 0.05) is 12.1 Å². The summed E-state index contributed by atoms with van der Waals surface area (Å²) in [4.78, 5) is 22.6. The van der Waals surface area contributed by atoms with Crippen molar-refractivity contribution in [2.24, 2.45) is 5.92 Å². The molecule has 0 aromatic heterocycles. The first kappa shape index (κ1) is 28.3. The number of rotatable bonds is 17. The SMILES string of the molecule is C/C(=C\Nc1c(CCCCCCCCCCC(C)C=O)cccc1C(=O)O)Cc1ccc2c(c1)OCO2. The molecule has 37 heavy (non-hydrogen) atoms. The zero-order valence-corrected chi connectivity index (χ0v) is 22.3. The number of benzene rings is 2. The van der Waals surface area contributed by atoms with Crippen molar-refractivity contribution in [3.8, 4) is 11.5 Å². The van der Waals surface area contributed by atoms with E-state index >= 15 is 0 Å².